The van der Waals surface area contributed by atoms with Crippen LogP contribution in [0.2, 0.25) is 0 Å². The lowest BCUT2D eigenvalue weighted by Crippen LogP contribution is -2.31. The van der Waals surface area contributed by atoms with Crippen LogP contribution in [0.1, 0.15) is 19.3 Å². The smallest absolute Gasteiger partial charge is 0.137 e. The highest BCUT2D eigenvalue weighted by Crippen LogP contribution is 2.39. The lowest BCUT2D eigenvalue weighted by Gasteiger charge is -2.19. The van der Waals surface area contributed by atoms with Crippen LogP contribution in [0.5, 0.6) is 5.75 Å². The monoisotopic (exact) mass is 234 g/mol. The summed E-state index contributed by atoms with van der Waals surface area (Å²) in [6.45, 7) is 0.870. The van der Waals surface area contributed by atoms with Gasteiger partial charge in [0.05, 0.1) is 25.5 Å². The molecule has 2 atom stereocenters. The molecule has 4 heteroatoms. The summed E-state index contributed by atoms with van der Waals surface area (Å²) in [5, 5.41) is 3.47. The third-order valence-electron chi connectivity index (χ3n) is 3.53. The van der Waals surface area contributed by atoms with Crippen molar-refractivity contribution in [3.8, 4) is 5.75 Å². The van der Waals surface area contributed by atoms with E-state index in [0.717, 1.165) is 30.5 Å². The van der Waals surface area contributed by atoms with Crippen LogP contribution in [-0.4, -0.2) is 30.8 Å². The summed E-state index contributed by atoms with van der Waals surface area (Å²) in [7, 11) is 1.65. The second kappa shape index (κ2) is 4.53. The number of nitrogens with one attached hydrogen (secondary N) is 1. The summed E-state index contributed by atoms with van der Waals surface area (Å²) in [5.74, 6) is 2.47. The molecular weight excluding hydrogens is 216 g/mol. The number of ether oxygens (including phenoxy) is 2. The molecule has 92 valence electrons. The largest absolute Gasteiger partial charge is 0.495 e. The van der Waals surface area contributed by atoms with Gasteiger partial charge in [-0.1, -0.05) is 0 Å². The van der Waals surface area contributed by atoms with Crippen LogP contribution in [0.3, 0.4) is 0 Å². The van der Waals surface area contributed by atoms with Crippen molar-refractivity contribution in [3.05, 3.63) is 18.3 Å². The normalized spacial score (nSPS) is 28.1. The van der Waals surface area contributed by atoms with Crippen molar-refractivity contribution < 1.29 is 9.47 Å². The fraction of sp³-hybridized carbons (Fsp3) is 0.615. The minimum Gasteiger partial charge on any atom is -0.495 e. The Balaban J connectivity index is 1.64. The van der Waals surface area contributed by atoms with Gasteiger partial charge >= 0.3 is 0 Å². The maximum Gasteiger partial charge on any atom is 0.137 e. The Bertz CT molecular complexity index is 376. The second-order valence-corrected chi connectivity index (χ2v) is 4.80. The first-order valence-corrected chi connectivity index (χ1v) is 6.25. The van der Waals surface area contributed by atoms with Gasteiger partial charge in [-0.15, -0.1) is 0 Å². The first-order valence-electron chi connectivity index (χ1n) is 6.25. The van der Waals surface area contributed by atoms with Gasteiger partial charge in [0, 0.05) is 6.61 Å². The van der Waals surface area contributed by atoms with Crippen molar-refractivity contribution in [3.63, 3.8) is 0 Å². The zero-order chi connectivity index (χ0) is 11.7. The first-order chi connectivity index (χ1) is 8.36. The molecular formula is C13H18N2O2. The van der Waals surface area contributed by atoms with Crippen molar-refractivity contribution in [2.24, 2.45) is 5.92 Å². The number of methoxy groups -OCH3 is 1. The SMILES string of the molecule is COc1ccc(NC2CCOC2C2CC2)nc1. The van der Waals surface area contributed by atoms with E-state index in [1.54, 1.807) is 13.3 Å². The zero-order valence-corrected chi connectivity index (χ0v) is 10.1. The van der Waals surface area contributed by atoms with Gasteiger partial charge in [0.2, 0.25) is 0 Å². The van der Waals surface area contributed by atoms with Crippen molar-refractivity contribution in [1.29, 1.82) is 0 Å². The third kappa shape index (κ3) is 2.36. The molecule has 1 saturated heterocycles. The Labute approximate surface area is 101 Å². The van der Waals surface area contributed by atoms with Crippen molar-refractivity contribution >= 4 is 5.82 Å². The molecule has 1 saturated carbocycles. The highest BCUT2D eigenvalue weighted by atomic mass is 16.5. The molecule has 0 radical (unpaired) electrons. The fourth-order valence-corrected chi connectivity index (χ4v) is 2.43. The van der Waals surface area contributed by atoms with Gasteiger partial charge in [-0.05, 0) is 37.3 Å². The Morgan fingerprint density at radius 2 is 2.24 bits per heavy atom. The number of aromatic nitrogens is 1. The summed E-state index contributed by atoms with van der Waals surface area (Å²) in [6.07, 6.45) is 5.84. The highest BCUT2D eigenvalue weighted by Gasteiger charge is 2.40. The summed E-state index contributed by atoms with van der Waals surface area (Å²) >= 11 is 0. The summed E-state index contributed by atoms with van der Waals surface area (Å²) < 4.78 is 10.9. The molecule has 0 aromatic carbocycles. The molecule has 1 aromatic heterocycles. The Morgan fingerprint density at radius 1 is 1.35 bits per heavy atom. The van der Waals surface area contributed by atoms with Gasteiger partial charge < -0.3 is 14.8 Å². The van der Waals surface area contributed by atoms with Crippen LogP contribution in [0.15, 0.2) is 18.3 Å². The molecule has 1 aliphatic carbocycles. The number of anilines is 1. The van der Waals surface area contributed by atoms with E-state index in [0.29, 0.717) is 12.1 Å². The minimum atomic E-state index is 0.388. The third-order valence-corrected chi connectivity index (χ3v) is 3.53. The first kappa shape index (κ1) is 10.8. The van der Waals surface area contributed by atoms with Crippen molar-refractivity contribution in [2.45, 2.75) is 31.4 Å². The average molecular weight is 234 g/mol. The molecule has 3 rings (SSSR count). The molecule has 4 nitrogen and oxygen atoms in total. The summed E-state index contributed by atoms with van der Waals surface area (Å²) in [4.78, 5) is 4.34. The van der Waals surface area contributed by atoms with Gasteiger partial charge in [-0.25, -0.2) is 4.98 Å². The van der Waals surface area contributed by atoms with Crippen molar-refractivity contribution in [1.82, 2.24) is 4.98 Å². The maximum atomic E-state index is 5.79. The molecule has 2 heterocycles. The quantitative estimate of drug-likeness (QED) is 0.866. The van der Waals surface area contributed by atoms with Crippen LogP contribution in [-0.2, 0) is 4.74 Å². The standard InChI is InChI=1S/C13H18N2O2/c1-16-10-4-5-12(14-8-10)15-11-6-7-17-13(11)9-2-3-9/h4-5,8-9,11,13H,2-3,6-7H2,1H3,(H,14,15). The van der Waals surface area contributed by atoms with Gasteiger partial charge in [-0.2, -0.15) is 0 Å². The van der Waals surface area contributed by atoms with Crippen LogP contribution >= 0.6 is 0 Å². The average Bonchev–Trinajstić information content (AvgIpc) is 3.11. The Morgan fingerprint density at radius 3 is 2.88 bits per heavy atom. The molecule has 1 aromatic rings. The topological polar surface area (TPSA) is 43.4 Å². The molecule has 1 aliphatic heterocycles. The van der Waals surface area contributed by atoms with E-state index in [4.69, 9.17) is 9.47 Å². The molecule has 0 spiro atoms. The lowest BCUT2D eigenvalue weighted by molar-refractivity contribution is 0.0898. The molecule has 1 N–H and O–H groups in total. The molecule has 17 heavy (non-hydrogen) atoms. The zero-order valence-electron chi connectivity index (χ0n) is 10.1. The van der Waals surface area contributed by atoms with E-state index in [2.05, 4.69) is 10.3 Å². The lowest BCUT2D eigenvalue weighted by atomic mass is 10.1. The highest BCUT2D eigenvalue weighted by molar-refractivity contribution is 5.39. The second-order valence-electron chi connectivity index (χ2n) is 4.80. The van der Waals surface area contributed by atoms with E-state index in [9.17, 15) is 0 Å². The molecule has 2 fully saturated rings. The van der Waals surface area contributed by atoms with Gasteiger partial charge in [0.15, 0.2) is 0 Å². The van der Waals surface area contributed by atoms with Crippen LogP contribution in [0.4, 0.5) is 5.82 Å². The number of hydrogen-bond acceptors (Lipinski definition) is 4. The predicted octanol–water partition coefficient (Wildman–Crippen LogP) is 2.07. The van der Waals surface area contributed by atoms with Gasteiger partial charge in [-0.3, -0.25) is 0 Å². The van der Waals surface area contributed by atoms with E-state index in [1.165, 1.54) is 12.8 Å². The fourth-order valence-electron chi connectivity index (χ4n) is 2.43. The van der Waals surface area contributed by atoms with E-state index >= 15 is 0 Å². The minimum absolute atomic E-state index is 0.388. The Hall–Kier alpha value is -1.29. The number of nitrogens with zero attached hydrogens (tertiary/aromatic N) is 1. The number of rotatable bonds is 4. The van der Waals surface area contributed by atoms with Gasteiger partial charge in [0.25, 0.3) is 0 Å². The number of hydrogen-bond donors (Lipinski definition) is 1. The van der Waals surface area contributed by atoms with Crippen LogP contribution in [0.25, 0.3) is 0 Å². The Kier molecular flexibility index (Phi) is 2.89. The summed E-state index contributed by atoms with van der Waals surface area (Å²) in [5.41, 5.74) is 0. The van der Waals surface area contributed by atoms with E-state index in [1.807, 2.05) is 12.1 Å². The molecule has 0 bridgehead atoms. The number of pyridine rings is 1. The van der Waals surface area contributed by atoms with E-state index in [-0.39, 0.29) is 0 Å². The molecule has 2 aliphatic rings. The molecule has 2 unspecified atom stereocenters. The maximum absolute atomic E-state index is 5.79. The van der Waals surface area contributed by atoms with Crippen LogP contribution in [0, 0.1) is 5.92 Å². The predicted molar refractivity (Wildman–Crippen MR) is 65.3 cm³/mol. The summed E-state index contributed by atoms with van der Waals surface area (Å²) in [6, 6.07) is 4.31. The van der Waals surface area contributed by atoms with Crippen LogP contribution < -0.4 is 10.1 Å². The molecule has 0 amide bonds. The van der Waals surface area contributed by atoms with Gasteiger partial charge in [0.1, 0.15) is 11.6 Å². The van der Waals surface area contributed by atoms with Crippen molar-refractivity contribution in [2.75, 3.05) is 19.0 Å². The van der Waals surface area contributed by atoms with E-state index < -0.39 is 0 Å².